The first-order valence-electron chi connectivity index (χ1n) is 9.75. The Morgan fingerprint density at radius 2 is 1.87 bits per heavy atom. The van der Waals surface area contributed by atoms with Crippen LogP contribution in [0.15, 0.2) is 42.5 Å². The number of hydrogen-bond donors (Lipinski definition) is 1. The molecule has 1 saturated carbocycles. The molecular weight excluding hydrogens is 414 g/mol. The van der Waals surface area contributed by atoms with E-state index in [1.54, 1.807) is 6.92 Å². The van der Waals surface area contributed by atoms with Gasteiger partial charge in [0.05, 0.1) is 22.4 Å². The van der Waals surface area contributed by atoms with E-state index in [4.69, 9.17) is 0 Å². The van der Waals surface area contributed by atoms with Crippen molar-refractivity contribution >= 4 is 11.6 Å². The van der Waals surface area contributed by atoms with Gasteiger partial charge in [-0.15, -0.1) is 5.10 Å². The monoisotopic (exact) mass is 433 g/mol. The molecule has 2 aromatic carbocycles. The molecule has 0 radical (unpaired) electrons. The predicted molar refractivity (Wildman–Crippen MR) is 104 cm³/mol. The molecule has 0 saturated heterocycles. The summed E-state index contributed by atoms with van der Waals surface area (Å²) in [4.78, 5) is 13.3. The molecule has 1 aliphatic carbocycles. The molecule has 1 amide bonds. The SMILES string of the molecule is Cc1nnnn1-c1ccc(F)c(NC(=O)C2(c3cccc(C(F)(F)F)c3)CCCC2)c1. The molecule has 0 unspecified atom stereocenters. The number of carbonyl (C=O) groups excluding carboxylic acids is 1. The van der Waals surface area contributed by atoms with E-state index in [0.29, 0.717) is 37.2 Å². The largest absolute Gasteiger partial charge is 0.416 e. The van der Waals surface area contributed by atoms with Gasteiger partial charge in [0.15, 0.2) is 5.82 Å². The van der Waals surface area contributed by atoms with E-state index < -0.39 is 28.9 Å². The van der Waals surface area contributed by atoms with Crippen LogP contribution in [0, 0.1) is 12.7 Å². The Labute approximate surface area is 175 Å². The van der Waals surface area contributed by atoms with E-state index >= 15 is 0 Å². The number of nitrogens with one attached hydrogen (secondary N) is 1. The Morgan fingerprint density at radius 1 is 1.13 bits per heavy atom. The Kier molecular flexibility index (Phi) is 5.24. The van der Waals surface area contributed by atoms with Gasteiger partial charge in [0.2, 0.25) is 5.91 Å². The summed E-state index contributed by atoms with van der Waals surface area (Å²) in [5.74, 6) is -0.728. The van der Waals surface area contributed by atoms with Gasteiger partial charge in [0.25, 0.3) is 0 Å². The normalized spacial score (nSPS) is 15.8. The molecule has 3 aromatic rings. The van der Waals surface area contributed by atoms with Crippen LogP contribution in [-0.4, -0.2) is 26.1 Å². The number of rotatable bonds is 4. The van der Waals surface area contributed by atoms with Crippen LogP contribution in [-0.2, 0) is 16.4 Å². The van der Waals surface area contributed by atoms with Gasteiger partial charge < -0.3 is 5.32 Å². The van der Waals surface area contributed by atoms with Gasteiger partial charge in [-0.2, -0.15) is 17.9 Å². The van der Waals surface area contributed by atoms with Crippen molar-refractivity contribution in [1.82, 2.24) is 20.2 Å². The van der Waals surface area contributed by atoms with Crippen LogP contribution in [0.2, 0.25) is 0 Å². The maximum Gasteiger partial charge on any atom is 0.416 e. The smallest absolute Gasteiger partial charge is 0.323 e. The molecule has 1 fully saturated rings. The van der Waals surface area contributed by atoms with Gasteiger partial charge >= 0.3 is 6.18 Å². The molecule has 1 heterocycles. The van der Waals surface area contributed by atoms with E-state index in [9.17, 15) is 22.4 Å². The first-order chi connectivity index (χ1) is 14.7. The van der Waals surface area contributed by atoms with Crippen LogP contribution in [0.5, 0.6) is 0 Å². The molecule has 6 nitrogen and oxygen atoms in total. The molecule has 162 valence electrons. The fourth-order valence-corrected chi connectivity index (χ4v) is 4.07. The zero-order valence-corrected chi connectivity index (χ0v) is 16.6. The van der Waals surface area contributed by atoms with Crippen molar-refractivity contribution < 1.29 is 22.4 Å². The highest BCUT2D eigenvalue weighted by Gasteiger charge is 2.44. The standard InChI is InChI=1S/C21H19F4N5O/c1-13-27-28-29-30(13)16-7-8-17(22)18(12-16)26-19(31)20(9-2-3-10-20)14-5-4-6-15(11-14)21(23,24)25/h4-8,11-12H,2-3,9-10H2,1H3,(H,26,31). The molecule has 4 rings (SSSR count). The number of carbonyl (C=O) groups is 1. The summed E-state index contributed by atoms with van der Waals surface area (Å²) >= 11 is 0. The van der Waals surface area contributed by atoms with E-state index in [0.717, 1.165) is 12.1 Å². The second-order valence-corrected chi connectivity index (χ2v) is 7.62. The van der Waals surface area contributed by atoms with Crippen LogP contribution < -0.4 is 5.32 Å². The van der Waals surface area contributed by atoms with Crippen molar-refractivity contribution in [2.75, 3.05) is 5.32 Å². The molecule has 31 heavy (non-hydrogen) atoms. The Balaban J connectivity index is 1.69. The highest BCUT2D eigenvalue weighted by atomic mass is 19.4. The summed E-state index contributed by atoms with van der Waals surface area (Å²) in [6, 6.07) is 8.85. The van der Waals surface area contributed by atoms with E-state index in [-0.39, 0.29) is 11.3 Å². The maximum atomic E-state index is 14.5. The number of amides is 1. The number of aromatic nitrogens is 4. The Morgan fingerprint density at radius 3 is 2.52 bits per heavy atom. The summed E-state index contributed by atoms with van der Waals surface area (Å²) in [6.07, 6.45) is -2.37. The lowest BCUT2D eigenvalue weighted by molar-refractivity contribution is -0.137. The number of hydrogen-bond acceptors (Lipinski definition) is 4. The molecule has 1 N–H and O–H groups in total. The molecule has 0 aliphatic heterocycles. The third-order valence-corrected chi connectivity index (χ3v) is 5.70. The van der Waals surface area contributed by atoms with Crippen LogP contribution in [0.25, 0.3) is 5.69 Å². The average molecular weight is 433 g/mol. The average Bonchev–Trinajstić information content (AvgIpc) is 3.39. The molecule has 1 aliphatic rings. The van der Waals surface area contributed by atoms with Gasteiger partial charge in [0, 0.05) is 0 Å². The summed E-state index contributed by atoms with van der Waals surface area (Å²) in [5.41, 5.74) is -1.33. The predicted octanol–water partition coefficient (Wildman–Crippen LogP) is 4.58. The number of aryl methyl sites for hydroxylation is 1. The number of anilines is 1. The number of benzene rings is 2. The third kappa shape index (κ3) is 3.89. The molecule has 10 heteroatoms. The first-order valence-corrected chi connectivity index (χ1v) is 9.75. The lowest BCUT2D eigenvalue weighted by Gasteiger charge is -2.29. The van der Waals surface area contributed by atoms with Crippen molar-refractivity contribution in [3.05, 3.63) is 65.2 Å². The van der Waals surface area contributed by atoms with E-state index in [1.165, 1.54) is 35.0 Å². The van der Waals surface area contributed by atoms with E-state index in [1.807, 2.05) is 0 Å². The Bertz CT molecular complexity index is 1120. The first kappa shape index (κ1) is 21.0. The maximum absolute atomic E-state index is 14.5. The van der Waals surface area contributed by atoms with Crippen LogP contribution in [0.3, 0.4) is 0 Å². The minimum Gasteiger partial charge on any atom is -0.323 e. The fourth-order valence-electron chi connectivity index (χ4n) is 4.07. The van der Waals surface area contributed by atoms with Gasteiger partial charge in [-0.05, 0) is 60.0 Å². The quantitative estimate of drug-likeness (QED) is 0.612. The van der Waals surface area contributed by atoms with Gasteiger partial charge in [-0.1, -0.05) is 31.0 Å². The lowest BCUT2D eigenvalue weighted by Crippen LogP contribution is -2.38. The van der Waals surface area contributed by atoms with Crippen molar-refractivity contribution in [1.29, 1.82) is 0 Å². The number of alkyl halides is 3. The number of halogens is 4. The molecule has 0 spiro atoms. The molecule has 0 bridgehead atoms. The number of tetrazole rings is 1. The minimum absolute atomic E-state index is 0.0874. The molecular formula is C21H19F4N5O. The van der Waals surface area contributed by atoms with Crippen molar-refractivity contribution in [3.8, 4) is 5.69 Å². The summed E-state index contributed by atoms with van der Waals surface area (Å²) < 4.78 is 55.5. The third-order valence-electron chi connectivity index (χ3n) is 5.70. The summed E-state index contributed by atoms with van der Waals surface area (Å²) in [7, 11) is 0. The highest BCUT2D eigenvalue weighted by molar-refractivity contribution is 5.99. The molecule has 0 atom stereocenters. The van der Waals surface area contributed by atoms with Gasteiger partial charge in [-0.3, -0.25) is 4.79 Å². The van der Waals surface area contributed by atoms with Crippen LogP contribution >= 0.6 is 0 Å². The second kappa shape index (κ2) is 7.75. The van der Waals surface area contributed by atoms with E-state index in [2.05, 4.69) is 20.8 Å². The summed E-state index contributed by atoms with van der Waals surface area (Å²) in [6.45, 7) is 1.67. The van der Waals surface area contributed by atoms with Crippen LogP contribution in [0.1, 0.15) is 42.6 Å². The Hall–Kier alpha value is -3.30. The minimum atomic E-state index is -4.52. The van der Waals surface area contributed by atoms with Gasteiger partial charge in [0.1, 0.15) is 5.82 Å². The second-order valence-electron chi connectivity index (χ2n) is 7.62. The molecule has 1 aromatic heterocycles. The van der Waals surface area contributed by atoms with Crippen molar-refractivity contribution in [2.24, 2.45) is 0 Å². The van der Waals surface area contributed by atoms with Crippen molar-refractivity contribution in [3.63, 3.8) is 0 Å². The lowest BCUT2D eigenvalue weighted by atomic mass is 9.77. The fraction of sp³-hybridized carbons (Fsp3) is 0.333. The topological polar surface area (TPSA) is 72.7 Å². The van der Waals surface area contributed by atoms with Crippen molar-refractivity contribution in [2.45, 2.75) is 44.2 Å². The highest BCUT2D eigenvalue weighted by Crippen LogP contribution is 2.43. The van der Waals surface area contributed by atoms with Crippen LogP contribution in [0.4, 0.5) is 23.2 Å². The zero-order valence-electron chi connectivity index (χ0n) is 16.6. The van der Waals surface area contributed by atoms with Gasteiger partial charge in [-0.25, -0.2) is 4.39 Å². The number of nitrogens with zero attached hydrogens (tertiary/aromatic N) is 4. The summed E-state index contributed by atoms with van der Waals surface area (Å²) in [5, 5.41) is 13.7. The zero-order chi connectivity index (χ0) is 22.2.